The van der Waals surface area contributed by atoms with Gasteiger partial charge in [0.25, 0.3) is 16.0 Å². The van der Waals surface area contributed by atoms with E-state index < -0.39 is 28.6 Å². The summed E-state index contributed by atoms with van der Waals surface area (Å²) < 4.78 is 48.3. The smallest absolute Gasteiger partial charge is 0.260 e. The van der Waals surface area contributed by atoms with Crippen molar-refractivity contribution < 1.29 is 21.4 Å². The Hall–Kier alpha value is -0.230. The summed E-state index contributed by atoms with van der Waals surface area (Å²) in [7, 11) is -3.71. The van der Waals surface area contributed by atoms with Gasteiger partial charge in [-0.1, -0.05) is 0 Å². The maximum Gasteiger partial charge on any atom is 0.278 e. The van der Waals surface area contributed by atoms with Crippen LogP contribution in [0.4, 0.5) is 8.78 Å². The second kappa shape index (κ2) is 1.88. The minimum atomic E-state index is -3.71. The lowest BCUT2D eigenvalue weighted by molar-refractivity contribution is 0.0689. The molecule has 0 aromatic rings. The Labute approximate surface area is 57.1 Å². The fourth-order valence-corrected chi connectivity index (χ4v) is 1.13. The van der Waals surface area contributed by atoms with Crippen LogP contribution in [0.2, 0.25) is 0 Å². The first kappa shape index (κ1) is 7.87. The van der Waals surface area contributed by atoms with Crippen LogP contribution in [-0.4, -0.2) is 26.7 Å². The molecule has 0 aromatic carbocycles. The highest BCUT2D eigenvalue weighted by Gasteiger charge is 2.60. The van der Waals surface area contributed by atoms with Gasteiger partial charge in [-0.25, -0.2) is 8.78 Å². The lowest BCUT2D eigenvalue weighted by Gasteiger charge is -1.96. The lowest BCUT2D eigenvalue weighted by atomic mass is 10.8. The van der Waals surface area contributed by atoms with E-state index in [1.165, 1.54) is 0 Å². The molecule has 1 rings (SSSR count). The van der Waals surface area contributed by atoms with Crippen LogP contribution in [0.3, 0.4) is 0 Å². The van der Waals surface area contributed by atoms with Gasteiger partial charge in [0.15, 0.2) is 0 Å². The van der Waals surface area contributed by atoms with Crippen molar-refractivity contribution in [3.8, 4) is 0 Å². The summed E-state index contributed by atoms with van der Waals surface area (Å²) in [6, 6.07) is 0. The zero-order chi connectivity index (χ0) is 7.99. The molecule has 1 atom stereocenters. The molecule has 0 radical (unpaired) electrons. The molecule has 0 spiro atoms. The van der Waals surface area contributed by atoms with Crippen LogP contribution in [0.25, 0.3) is 0 Å². The molecule has 0 aliphatic heterocycles. The first-order valence-electron chi connectivity index (χ1n) is 2.57. The topological polar surface area (TPSA) is 43.4 Å². The molecule has 1 aliphatic carbocycles. The molecule has 60 valence electrons. The van der Waals surface area contributed by atoms with E-state index in [1.54, 1.807) is 0 Å². The first-order valence-corrected chi connectivity index (χ1v) is 4.39. The van der Waals surface area contributed by atoms with Crippen molar-refractivity contribution in [1.29, 1.82) is 0 Å². The zero-order valence-corrected chi connectivity index (χ0v) is 5.99. The van der Waals surface area contributed by atoms with E-state index in [0.717, 1.165) is 6.26 Å². The van der Waals surface area contributed by atoms with Crippen molar-refractivity contribution in [3.05, 3.63) is 0 Å². The summed E-state index contributed by atoms with van der Waals surface area (Å²) >= 11 is 0. The lowest BCUT2D eigenvalue weighted by Crippen LogP contribution is -2.10. The first-order chi connectivity index (χ1) is 4.31. The minimum Gasteiger partial charge on any atom is -0.260 e. The average Bonchev–Trinajstić information content (AvgIpc) is 2.05. The summed E-state index contributed by atoms with van der Waals surface area (Å²) in [4.78, 5) is 0. The molecular weight excluding hydrogens is 166 g/mol. The molecule has 6 heteroatoms. The van der Waals surface area contributed by atoms with Gasteiger partial charge in [-0.3, -0.25) is 4.18 Å². The summed E-state index contributed by atoms with van der Waals surface area (Å²) in [5, 5.41) is 0. The Morgan fingerprint density at radius 1 is 1.60 bits per heavy atom. The standard InChI is InChI=1S/C4H6F2O3S/c1-10(7,8)9-3-2-4(3,5)6/h3H,2H2,1H3. The zero-order valence-electron chi connectivity index (χ0n) is 5.17. The Balaban J connectivity index is 2.46. The molecule has 0 aromatic heterocycles. The van der Waals surface area contributed by atoms with Gasteiger partial charge in [0.2, 0.25) is 0 Å². The highest BCUT2D eigenvalue weighted by Crippen LogP contribution is 2.44. The summed E-state index contributed by atoms with van der Waals surface area (Å²) in [6.07, 6.45) is -1.15. The van der Waals surface area contributed by atoms with Gasteiger partial charge in [-0.2, -0.15) is 8.42 Å². The van der Waals surface area contributed by atoms with Crippen molar-refractivity contribution in [3.63, 3.8) is 0 Å². The monoisotopic (exact) mass is 172 g/mol. The third-order valence-corrected chi connectivity index (χ3v) is 1.64. The Morgan fingerprint density at radius 3 is 2.10 bits per heavy atom. The molecule has 10 heavy (non-hydrogen) atoms. The maximum absolute atomic E-state index is 11.9. The number of rotatable bonds is 2. The second-order valence-electron chi connectivity index (χ2n) is 2.25. The number of hydrogen-bond donors (Lipinski definition) is 0. The van der Waals surface area contributed by atoms with Crippen LogP contribution in [0, 0.1) is 0 Å². The predicted octanol–water partition coefficient (Wildman–Crippen LogP) is 0.370. The van der Waals surface area contributed by atoms with Gasteiger partial charge in [0, 0.05) is 6.42 Å². The van der Waals surface area contributed by atoms with Crippen molar-refractivity contribution in [2.75, 3.05) is 6.26 Å². The van der Waals surface area contributed by atoms with E-state index in [9.17, 15) is 17.2 Å². The van der Waals surface area contributed by atoms with E-state index >= 15 is 0 Å². The Bertz CT molecular complexity index is 233. The fraction of sp³-hybridized carbons (Fsp3) is 1.00. The average molecular weight is 172 g/mol. The Kier molecular flexibility index (Phi) is 1.48. The molecule has 1 fully saturated rings. The maximum atomic E-state index is 11.9. The third-order valence-electron chi connectivity index (χ3n) is 1.06. The molecule has 1 saturated carbocycles. The normalized spacial score (nSPS) is 30.1. The minimum absolute atomic E-state index is 0.486. The molecular formula is C4H6F2O3S. The summed E-state index contributed by atoms with van der Waals surface area (Å²) in [6.45, 7) is 0. The van der Waals surface area contributed by atoms with E-state index in [-0.39, 0.29) is 0 Å². The highest BCUT2D eigenvalue weighted by atomic mass is 32.2. The van der Waals surface area contributed by atoms with Gasteiger partial charge >= 0.3 is 0 Å². The third kappa shape index (κ3) is 1.88. The van der Waals surface area contributed by atoms with Crippen LogP contribution >= 0.6 is 0 Å². The number of hydrogen-bond acceptors (Lipinski definition) is 3. The van der Waals surface area contributed by atoms with Gasteiger partial charge in [-0.05, 0) is 0 Å². The fourth-order valence-electron chi connectivity index (χ4n) is 0.504. The van der Waals surface area contributed by atoms with Crippen LogP contribution in [0.15, 0.2) is 0 Å². The molecule has 0 N–H and O–H groups in total. The second-order valence-corrected chi connectivity index (χ2v) is 3.85. The Morgan fingerprint density at radius 2 is 2.00 bits per heavy atom. The van der Waals surface area contributed by atoms with Crippen LogP contribution < -0.4 is 0 Å². The highest BCUT2D eigenvalue weighted by molar-refractivity contribution is 7.86. The van der Waals surface area contributed by atoms with Crippen molar-refractivity contribution >= 4 is 10.1 Å². The van der Waals surface area contributed by atoms with E-state index in [2.05, 4.69) is 4.18 Å². The van der Waals surface area contributed by atoms with Gasteiger partial charge < -0.3 is 0 Å². The number of halogens is 2. The largest absolute Gasteiger partial charge is 0.278 e. The predicted molar refractivity (Wildman–Crippen MR) is 29.3 cm³/mol. The van der Waals surface area contributed by atoms with Crippen molar-refractivity contribution in [2.24, 2.45) is 0 Å². The van der Waals surface area contributed by atoms with E-state index in [0.29, 0.717) is 0 Å². The van der Waals surface area contributed by atoms with Gasteiger partial charge in [0.05, 0.1) is 6.26 Å². The molecule has 0 saturated heterocycles. The van der Waals surface area contributed by atoms with Crippen molar-refractivity contribution in [2.45, 2.75) is 18.4 Å². The summed E-state index contributed by atoms with van der Waals surface area (Å²) in [5.41, 5.74) is 0. The van der Waals surface area contributed by atoms with E-state index in [4.69, 9.17) is 0 Å². The molecule has 1 aliphatic rings. The van der Waals surface area contributed by atoms with Gasteiger partial charge in [0.1, 0.15) is 6.10 Å². The van der Waals surface area contributed by atoms with Crippen LogP contribution in [0.1, 0.15) is 6.42 Å². The SMILES string of the molecule is CS(=O)(=O)OC1CC1(F)F. The molecule has 0 amide bonds. The quantitative estimate of drug-likeness (QED) is 0.565. The molecule has 0 heterocycles. The van der Waals surface area contributed by atoms with E-state index in [1.807, 2.05) is 0 Å². The van der Waals surface area contributed by atoms with Crippen molar-refractivity contribution in [1.82, 2.24) is 0 Å². The molecule has 1 unspecified atom stereocenters. The number of alkyl halides is 2. The summed E-state index contributed by atoms with van der Waals surface area (Å²) in [5.74, 6) is -2.93. The van der Waals surface area contributed by atoms with Crippen LogP contribution in [-0.2, 0) is 14.3 Å². The van der Waals surface area contributed by atoms with Gasteiger partial charge in [-0.15, -0.1) is 0 Å². The molecule has 0 bridgehead atoms. The van der Waals surface area contributed by atoms with Crippen LogP contribution in [0.5, 0.6) is 0 Å². The molecule has 3 nitrogen and oxygen atoms in total.